The molecule has 3 saturated carbocycles. The van der Waals surface area contributed by atoms with Crippen molar-refractivity contribution in [3.63, 3.8) is 0 Å². The zero-order valence-electron chi connectivity index (χ0n) is 16.7. The lowest BCUT2D eigenvalue weighted by Crippen LogP contribution is -2.51. The largest absolute Gasteiger partial charge is 0.462 e. The summed E-state index contributed by atoms with van der Waals surface area (Å²) in [4.78, 5) is 24.0. The highest BCUT2D eigenvalue weighted by molar-refractivity contribution is 5.91. The molecule has 6 unspecified atom stereocenters. The quantitative estimate of drug-likeness (QED) is 0.649. The number of hydrogen-bond acceptors (Lipinski definition) is 3. The lowest BCUT2D eigenvalue weighted by atomic mass is 9.47. The van der Waals surface area contributed by atoms with E-state index in [2.05, 4.69) is 13.8 Å². The molecule has 0 radical (unpaired) electrons. The summed E-state index contributed by atoms with van der Waals surface area (Å²) < 4.78 is 5.95. The Kier molecular flexibility index (Phi) is 4.56. The normalized spacial score (nSPS) is 44.6. The number of fused-ring (bicyclic) bond motifs is 5. The molecule has 0 spiro atoms. The first kappa shape index (κ1) is 18.3. The molecule has 0 aromatic heterocycles. The van der Waals surface area contributed by atoms with Crippen LogP contribution >= 0.6 is 0 Å². The maximum atomic E-state index is 12.1. The van der Waals surface area contributed by atoms with Gasteiger partial charge in [-0.15, -0.1) is 0 Å². The van der Waals surface area contributed by atoms with Gasteiger partial charge in [-0.25, -0.2) is 0 Å². The Morgan fingerprint density at radius 3 is 2.69 bits per heavy atom. The number of carbonyl (C=O) groups is 2. The van der Waals surface area contributed by atoms with Crippen molar-refractivity contribution in [2.45, 2.75) is 91.1 Å². The zero-order chi connectivity index (χ0) is 18.5. The van der Waals surface area contributed by atoms with E-state index in [-0.39, 0.29) is 22.9 Å². The summed E-state index contributed by atoms with van der Waals surface area (Å²) >= 11 is 0. The number of carbonyl (C=O) groups excluding carboxylic acids is 2. The van der Waals surface area contributed by atoms with Gasteiger partial charge in [0.05, 0.1) is 0 Å². The number of rotatable bonds is 3. The lowest BCUT2D eigenvalue weighted by Gasteiger charge is -2.57. The molecule has 0 aromatic rings. The van der Waals surface area contributed by atoms with Gasteiger partial charge in [-0.05, 0) is 80.6 Å². The summed E-state index contributed by atoms with van der Waals surface area (Å²) in [5.41, 5.74) is 1.82. The molecule has 6 atom stereocenters. The Labute approximate surface area is 157 Å². The van der Waals surface area contributed by atoms with E-state index < -0.39 is 0 Å². The smallest absolute Gasteiger partial charge is 0.306 e. The molecule has 0 saturated heterocycles. The van der Waals surface area contributed by atoms with E-state index in [1.165, 1.54) is 31.3 Å². The van der Waals surface area contributed by atoms with Gasteiger partial charge in [-0.3, -0.25) is 9.59 Å². The number of ether oxygens (including phenoxy) is 1. The van der Waals surface area contributed by atoms with Crippen molar-refractivity contribution in [3.05, 3.63) is 11.6 Å². The molecule has 0 N–H and O–H groups in total. The van der Waals surface area contributed by atoms with E-state index in [1.807, 2.05) is 13.0 Å². The number of ketones is 1. The summed E-state index contributed by atoms with van der Waals surface area (Å²) in [6.45, 7) is 6.86. The van der Waals surface area contributed by atoms with Gasteiger partial charge in [0.1, 0.15) is 6.10 Å². The fraction of sp³-hybridized carbons (Fsp3) is 0.826. The molecule has 0 amide bonds. The van der Waals surface area contributed by atoms with Crippen molar-refractivity contribution in [3.8, 4) is 0 Å². The van der Waals surface area contributed by atoms with Crippen LogP contribution in [0.2, 0.25) is 0 Å². The van der Waals surface area contributed by atoms with Gasteiger partial charge >= 0.3 is 5.97 Å². The molecule has 0 aromatic carbocycles. The SMILES string of the molecule is CCCC(=O)OC1CCC2C3CCC4=CC(=O)CCC4(C)C3CCC12C. The molecule has 3 heteroatoms. The average Bonchev–Trinajstić information content (AvgIpc) is 2.92. The molecular formula is C23H34O3. The van der Waals surface area contributed by atoms with E-state index in [9.17, 15) is 9.59 Å². The van der Waals surface area contributed by atoms with Crippen LogP contribution in [0.1, 0.15) is 85.0 Å². The molecule has 0 aliphatic heterocycles. The van der Waals surface area contributed by atoms with Crippen LogP contribution in [0.25, 0.3) is 0 Å². The van der Waals surface area contributed by atoms with Crippen molar-refractivity contribution >= 4 is 11.8 Å². The van der Waals surface area contributed by atoms with Gasteiger partial charge < -0.3 is 4.74 Å². The lowest BCUT2D eigenvalue weighted by molar-refractivity contribution is -0.159. The number of esters is 1. The first-order chi connectivity index (χ1) is 12.4. The van der Waals surface area contributed by atoms with Crippen molar-refractivity contribution in [1.82, 2.24) is 0 Å². The van der Waals surface area contributed by atoms with Gasteiger partial charge in [-0.1, -0.05) is 26.3 Å². The Hall–Kier alpha value is -1.12. The predicted molar refractivity (Wildman–Crippen MR) is 101 cm³/mol. The van der Waals surface area contributed by atoms with Gasteiger partial charge in [-0.2, -0.15) is 0 Å². The van der Waals surface area contributed by atoms with Crippen LogP contribution in [-0.4, -0.2) is 17.9 Å². The fourth-order valence-corrected chi connectivity index (χ4v) is 7.13. The molecule has 4 aliphatic rings. The standard InChI is InChI=1S/C23H34O3/c1-4-5-21(25)26-20-9-8-18-17-7-6-15-14-16(24)10-12-22(15,2)19(17)11-13-23(18,20)3/h14,17-20H,4-13H2,1-3H3. The van der Waals surface area contributed by atoms with Crippen LogP contribution in [0, 0.1) is 28.6 Å². The van der Waals surface area contributed by atoms with E-state index in [0.717, 1.165) is 38.0 Å². The number of allylic oxidation sites excluding steroid dienone is 1. The van der Waals surface area contributed by atoms with Crippen LogP contribution in [0.15, 0.2) is 11.6 Å². The average molecular weight is 359 g/mol. The second-order valence-electron chi connectivity index (χ2n) is 9.82. The van der Waals surface area contributed by atoms with Crippen molar-refractivity contribution in [2.75, 3.05) is 0 Å². The highest BCUT2D eigenvalue weighted by atomic mass is 16.5. The van der Waals surface area contributed by atoms with E-state index >= 15 is 0 Å². The first-order valence-electron chi connectivity index (χ1n) is 10.8. The Bertz CT molecular complexity index is 635. The van der Waals surface area contributed by atoms with E-state index in [4.69, 9.17) is 4.74 Å². The molecule has 3 nitrogen and oxygen atoms in total. The molecule has 144 valence electrons. The summed E-state index contributed by atoms with van der Waals surface area (Å²) in [5, 5.41) is 0. The second kappa shape index (κ2) is 6.49. The molecule has 3 fully saturated rings. The van der Waals surface area contributed by atoms with Crippen LogP contribution < -0.4 is 0 Å². The first-order valence-corrected chi connectivity index (χ1v) is 10.8. The van der Waals surface area contributed by atoms with Crippen LogP contribution in [0.3, 0.4) is 0 Å². The molecule has 4 aliphatic carbocycles. The van der Waals surface area contributed by atoms with E-state index in [0.29, 0.717) is 24.0 Å². The summed E-state index contributed by atoms with van der Waals surface area (Å²) in [5.74, 6) is 2.45. The van der Waals surface area contributed by atoms with Gasteiger partial charge in [0.15, 0.2) is 5.78 Å². The second-order valence-corrected chi connectivity index (χ2v) is 9.82. The van der Waals surface area contributed by atoms with Crippen LogP contribution in [0.5, 0.6) is 0 Å². The Morgan fingerprint density at radius 1 is 1.12 bits per heavy atom. The highest BCUT2D eigenvalue weighted by Crippen LogP contribution is 2.65. The third kappa shape index (κ3) is 2.68. The van der Waals surface area contributed by atoms with Crippen molar-refractivity contribution in [1.29, 1.82) is 0 Å². The summed E-state index contributed by atoms with van der Waals surface area (Å²) in [6.07, 6.45) is 12.2. The summed E-state index contributed by atoms with van der Waals surface area (Å²) in [7, 11) is 0. The summed E-state index contributed by atoms with van der Waals surface area (Å²) in [6, 6.07) is 0. The molecular weight excluding hydrogens is 324 g/mol. The maximum Gasteiger partial charge on any atom is 0.306 e. The topological polar surface area (TPSA) is 43.4 Å². The zero-order valence-corrected chi connectivity index (χ0v) is 16.7. The Morgan fingerprint density at radius 2 is 1.92 bits per heavy atom. The van der Waals surface area contributed by atoms with Gasteiger partial charge in [0.2, 0.25) is 0 Å². The molecule has 26 heavy (non-hydrogen) atoms. The maximum absolute atomic E-state index is 12.1. The van der Waals surface area contributed by atoms with Gasteiger partial charge in [0, 0.05) is 18.3 Å². The Balaban J connectivity index is 1.55. The van der Waals surface area contributed by atoms with Crippen molar-refractivity contribution in [2.24, 2.45) is 28.6 Å². The molecule has 0 bridgehead atoms. The molecule has 4 rings (SSSR count). The van der Waals surface area contributed by atoms with Crippen LogP contribution in [0.4, 0.5) is 0 Å². The third-order valence-electron chi connectivity index (χ3n) is 8.60. The predicted octanol–water partition coefficient (Wildman–Crippen LogP) is 5.23. The van der Waals surface area contributed by atoms with Gasteiger partial charge in [0.25, 0.3) is 0 Å². The fourth-order valence-electron chi connectivity index (χ4n) is 7.13. The number of hydrogen-bond donors (Lipinski definition) is 0. The van der Waals surface area contributed by atoms with Crippen molar-refractivity contribution < 1.29 is 14.3 Å². The minimum absolute atomic E-state index is 0.00637. The highest BCUT2D eigenvalue weighted by Gasteiger charge is 2.59. The molecule has 0 heterocycles. The van der Waals surface area contributed by atoms with E-state index in [1.54, 1.807) is 0 Å². The third-order valence-corrected chi connectivity index (χ3v) is 8.60. The minimum atomic E-state index is -0.00637. The minimum Gasteiger partial charge on any atom is -0.462 e. The monoisotopic (exact) mass is 358 g/mol. The van der Waals surface area contributed by atoms with Crippen LogP contribution in [-0.2, 0) is 14.3 Å².